The first kappa shape index (κ1) is 15.6. The maximum atomic E-state index is 12.7. The summed E-state index contributed by atoms with van der Waals surface area (Å²) < 4.78 is 0. The molecule has 128 valence electrons. The molecule has 2 saturated heterocycles. The lowest BCUT2D eigenvalue weighted by Crippen LogP contribution is -2.43. The van der Waals surface area contributed by atoms with Crippen molar-refractivity contribution in [2.75, 3.05) is 32.7 Å². The second kappa shape index (κ2) is 5.88. The molecule has 1 aromatic carbocycles. The van der Waals surface area contributed by atoms with E-state index >= 15 is 0 Å². The van der Waals surface area contributed by atoms with Crippen LogP contribution < -0.4 is 0 Å². The molecule has 0 aromatic heterocycles. The van der Waals surface area contributed by atoms with E-state index < -0.39 is 11.4 Å². The van der Waals surface area contributed by atoms with E-state index in [1.807, 2.05) is 18.2 Å². The molecular weight excluding hydrogens is 304 g/mol. The third-order valence-electron chi connectivity index (χ3n) is 6.15. The number of carboxylic acid groups (broad SMARTS) is 1. The summed E-state index contributed by atoms with van der Waals surface area (Å²) in [6.45, 7) is 3.31. The van der Waals surface area contributed by atoms with Gasteiger partial charge in [-0.3, -0.25) is 9.59 Å². The maximum absolute atomic E-state index is 12.7. The molecule has 2 heterocycles. The van der Waals surface area contributed by atoms with E-state index in [9.17, 15) is 14.7 Å². The lowest BCUT2D eigenvalue weighted by atomic mass is 9.81. The third kappa shape index (κ3) is 2.51. The van der Waals surface area contributed by atoms with Crippen LogP contribution in [0.4, 0.5) is 0 Å². The lowest BCUT2D eigenvalue weighted by Gasteiger charge is -2.31. The smallest absolute Gasteiger partial charge is 0.313 e. The molecule has 2 atom stereocenters. The van der Waals surface area contributed by atoms with Crippen molar-refractivity contribution in [1.29, 1.82) is 0 Å². The van der Waals surface area contributed by atoms with Crippen LogP contribution in [-0.4, -0.2) is 59.5 Å². The van der Waals surface area contributed by atoms with E-state index in [-0.39, 0.29) is 11.8 Å². The Hall–Kier alpha value is -1.88. The van der Waals surface area contributed by atoms with E-state index in [1.165, 1.54) is 19.3 Å². The molecule has 1 N–H and O–H groups in total. The zero-order valence-corrected chi connectivity index (χ0v) is 13.9. The average Bonchev–Trinajstić information content (AvgIpc) is 3.06. The molecule has 1 aliphatic carbocycles. The number of fused-ring (bicyclic) bond motifs is 1. The first-order valence-electron chi connectivity index (χ1n) is 8.88. The molecule has 0 bridgehead atoms. The number of hydrogen-bond acceptors (Lipinski definition) is 3. The van der Waals surface area contributed by atoms with Gasteiger partial charge in [-0.05, 0) is 30.9 Å². The van der Waals surface area contributed by atoms with Crippen LogP contribution in [-0.2, 0) is 4.79 Å². The van der Waals surface area contributed by atoms with Gasteiger partial charge in [-0.2, -0.15) is 0 Å². The summed E-state index contributed by atoms with van der Waals surface area (Å²) in [5.74, 6) is 0.00241. The number of rotatable bonds is 4. The molecule has 3 aliphatic rings. The summed E-state index contributed by atoms with van der Waals surface area (Å²) in [7, 11) is 0. The highest BCUT2D eigenvalue weighted by molar-refractivity contribution is 5.95. The van der Waals surface area contributed by atoms with E-state index in [0.29, 0.717) is 25.2 Å². The Morgan fingerprint density at radius 1 is 1.12 bits per heavy atom. The summed E-state index contributed by atoms with van der Waals surface area (Å²) in [6, 6.07) is 9.17. The zero-order valence-electron chi connectivity index (χ0n) is 13.9. The van der Waals surface area contributed by atoms with E-state index in [0.717, 1.165) is 19.0 Å². The van der Waals surface area contributed by atoms with Gasteiger partial charge in [0.05, 0.1) is 0 Å². The van der Waals surface area contributed by atoms with Gasteiger partial charge in [0.25, 0.3) is 5.91 Å². The van der Waals surface area contributed by atoms with Gasteiger partial charge >= 0.3 is 5.97 Å². The van der Waals surface area contributed by atoms with Gasteiger partial charge in [0.2, 0.25) is 0 Å². The van der Waals surface area contributed by atoms with Gasteiger partial charge < -0.3 is 14.9 Å². The van der Waals surface area contributed by atoms with Crippen molar-refractivity contribution in [1.82, 2.24) is 9.80 Å². The molecule has 1 amide bonds. The predicted molar refractivity (Wildman–Crippen MR) is 89.7 cm³/mol. The van der Waals surface area contributed by atoms with Gasteiger partial charge in [0.1, 0.15) is 5.41 Å². The molecule has 24 heavy (non-hydrogen) atoms. The second-order valence-corrected chi connectivity index (χ2v) is 7.70. The maximum Gasteiger partial charge on any atom is 0.313 e. The largest absolute Gasteiger partial charge is 0.481 e. The van der Waals surface area contributed by atoms with E-state index in [2.05, 4.69) is 4.90 Å². The minimum absolute atomic E-state index is 0.0442. The Morgan fingerprint density at radius 2 is 1.88 bits per heavy atom. The minimum atomic E-state index is -0.784. The van der Waals surface area contributed by atoms with Crippen molar-refractivity contribution >= 4 is 11.9 Å². The summed E-state index contributed by atoms with van der Waals surface area (Å²) in [6.07, 6.45) is 3.87. The Labute approximate surface area is 142 Å². The number of amides is 1. The fourth-order valence-electron chi connectivity index (χ4n) is 4.57. The topological polar surface area (TPSA) is 60.9 Å². The highest BCUT2D eigenvalue weighted by Gasteiger charge is 2.58. The standard InChI is InChI=1S/C19H24N2O3/c22-17(15-7-2-1-3-8-15)21-11-16-10-20(9-14-5-4-6-14)12-19(16,13-21)18(23)24/h1-3,7-8,14,16H,4-6,9-13H2,(H,23,24)/t16-,19-/m1/s1. The number of aliphatic carboxylic acids is 1. The number of likely N-dealkylation sites (tertiary alicyclic amines) is 2. The summed E-state index contributed by atoms with van der Waals surface area (Å²) in [4.78, 5) is 28.8. The first-order valence-corrected chi connectivity index (χ1v) is 8.88. The van der Waals surface area contributed by atoms with Crippen molar-refractivity contribution in [2.24, 2.45) is 17.3 Å². The van der Waals surface area contributed by atoms with Crippen LogP contribution >= 0.6 is 0 Å². The van der Waals surface area contributed by atoms with E-state index in [4.69, 9.17) is 0 Å². The van der Waals surface area contributed by atoms with Crippen LogP contribution in [0.3, 0.4) is 0 Å². The Bertz CT molecular complexity index is 643. The molecule has 4 rings (SSSR count). The molecule has 0 unspecified atom stereocenters. The average molecular weight is 328 g/mol. The van der Waals surface area contributed by atoms with Crippen molar-refractivity contribution < 1.29 is 14.7 Å². The number of carboxylic acids is 1. The van der Waals surface area contributed by atoms with Crippen LogP contribution in [0.15, 0.2) is 30.3 Å². The van der Waals surface area contributed by atoms with Crippen LogP contribution in [0.1, 0.15) is 29.6 Å². The third-order valence-corrected chi connectivity index (χ3v) is 6.15. The molecule has 3 fully saturated rings. The van der Waals surface area contributed by atoms with Gasteiger partial charge in [-0.25, -0.2) is 0 Å². The number of benzene rings is 1. The van der Waals surface area contributed by atoms with Crippen molar-refractivity contribution in [3.8, 4) is 0 Å². The quantitative estimate of drug-likeness (QED) is 0.918. The Balaban J connectivity index is 1.48. The molecular formula is C19H24N2O3. The van der Waals surface area contributed by atoms with Crippen molar-refractivity contribution in [2.45, 2.75) is 19.3 Å². The zero-order chi connectivity index (χ0) is 16.7. The fraction of sp³-hybridized carbons (Fsp3) is 0.579. The normalized spacial score (nSPS) is 30.2. The monoisotopic (exact) mass is 328 g/mol. The van der Waals surface area contributed by atoms with Crippen LogP contribution in [0.2, 0.25) is 0 Å². The Kier molecular flexibility index (Phi) is 3.83. The number of carbonyl (C=O) groups excluding carboxylic acids is 1. The molecule has 5 nitrogen and oxygen atoms in total. The lowest BCUT2D eigenvalue weighted by molar-refractivity contribution is -0.148. The van der Waals surface area contributed by atoms with Crippen LogP contribution in [0.25, 0.3) is 0 Å². The SMILES string of the molecule is O=C(c1ccccc1)N1C[C@H]2CN(CC3CCC3)C[C@@]2(C(=O)O)C1. The molecule has 1 aromatic rings. The van der Waals surface area contributed by atoms with Crippen LogP contribution in [0.5, 0.6) is 0 Å². The molecule has 5 heteroatoms. The molecule has 1 saturated carbocycles. The predicted octanol–water partition coefficient (Wildman–Crippen LogP) is 1.95. The summed E-state index contributed by atoms with van der Waals surface area (Å²) in [5, 5.41) is 9.90. The van der Waals surface area contributed by atoms with Gasteiger partial charge in [-0.15, -0.1) is 0 Å². The number of hydrogen-bond donors (Lipinski definition) is 1. The summed E-state index contributed by atoms with van der Waals surface area (Å²) >= 11 is 0. The van der Waals surface area contributed by atoms with Gasteiger partial charge in [0, 0.05) is 44.2 Å². The molecule has 0 spiro atoms. The highest BCUT2D eigenvalue weighted by Crippen LogP contribution is 2.44. The Morgan fingerprint density at radius 3 is 2.46 bits per heavy atom. The highest BCUT2D eigenvalue weighted by atomic mass is 16.4. The van der Waals surface area contributed by atoms with Crippen molar-refractivity contribution in [3.05, 3.63) is 35.9 Å². The van der Waals surface area contributed by atoms with Crippen molar-refractivity contribution in [3.63, 3.8) is 0 Å². The van der Waals surface area contributed by atoms with Gasteiger partial charge in [-0.1, -0.05) is 24.6 Å². The molecule has 0 radical (unpaired) electrons. The van der Waals surface area contributed by atoms with Gasteiger partial charge in [0.15, 0.2) is 0 Å². The number of nitrogens with zero attached hydrogens (tertiary/aromatic N) is 2. The summed E-state index contributed by atoms with van der Waals surface area (Å²) in [5.41, 5.74) is -0.141. The first-order chi connectivity index (χ1) is 11.6. The second-order valence-electron chi connectivity index (χ2n) is 7.70. The molecule has 2 aliphatic heterocycles. The minimum Gasteiger partial charge on any atom is -0.481 e. The van der Waals surface area contributed by atoms with Crippen LogP contribution in [0, 0.1) is 17.3 Å². The van der Waals surface area contributed by atoms with E-state index in [1.54, 1.807) is 17.0 Å². The number of carbonyl (C=O) groups is 2. The fourth-order valence-corrected chi connectivity index (χ4v) is 4.57.